The molecule has 0 aromatic heterocycles. The molecule has 0 aliphatic carbocycles. The van der Waals surface area contributed by atoms with Crippen LogP contribution >= 0.6 is 0 Å². The Balaban J connectivity index is 2.57. The second-order valence-electron chi connectivity index (χ2n) is 5.06. The van der Waals surface area contributed by atoms with E-state index in [9.17, 15) is 0 Å². The molecule has 0 saturated carbocycles. The standard InChI is InChI=1S/C15H25N3O/c1-11(2)9-17-15(16-4)18-10-13-6-12(3)7-14(8-13)19-5/h6-8,11H,9-10H2,1-5H3,(H2,16,17,18). The fourth-order valence-electron chi connectivity index (χ4n) is 1.75. The monoisotopic (exact) mass is 263 g/mol. The molecule has 2 N–H and O–H groups in total. The van der Waals surface area contributed by atoms with Crippen LogP contribution in [0.25, 0.3) is 0 Å². The van der Waals surface area contributed by atoms with Gasteiger partial charge < -0.3 is 15.4 Å². The zero-order valence-corrected chi connectivity index (χ0v) is 12.6. The van der Waals surface area contributed by atoms with Crippen molar-refractivity contribution in [2.75, 3.05) is 20.7 Å². The van der Waals surface area contributed by atoms with Crippen LogP contribution in [0.15, 0.2) is 23.2 Å². The smallest absolute Gasteiger partial charge is 0.191 e. The molecule has 0 radical (unpaired) electrons. The van der Waals surface area contributed by atoms with E-state index in [0.717, 1.165) is 24.8 Å². The molecule has 1 rings (SSSR count). The molecule has 0 heterocycles. The molecule has 0 aliphatic heterocycles. The van der Waals surface area contributed by atoms with E-state index in [1.54, 1.807) is 14.2 Å². The molecular formula is C15H25N3O. The Labute approximate surface area is 116 Å². The van der Waals surface area contributed by atoms with Crippen molar-refractivity contribution in [1.29, 1.82) is 0 Å². The lowest BCUT2D eigenvalue weighted by Gasteiger charge is -2.14. The molecule has 4 nitrogen and oxygen atoms in total. The van der Waals surface area contributed by atoms with Crippen molar-refractivity contribution in [1.82, 2.24) is 10.6 Å². The Hall–Kier alpha value is -1.71. The summed E-state index contributed by atoms with van der Waals surface area (Å²) in [6.07, 6.45) is 0. The number of ether oxygens (including phenoxy) is 1. The number of guanidine groups is 1. The number of aliphatic imine (C=N–C) groups is 1. The number of hydrogen-bond acceptors (Lipinski definition) is 2. The summed E-state index contributed by atoms with van der Waals surface area (Å²) in [6.45, 7) is 8.06. The van der Waals surface area contributed by atoms with E-state index >= 15 is 0 Å². The summed E-state index contributed by atoms with van der Waals surface area (Å²) < 4.78 is 5.27. The number of hydrogen-bond donors (Lipinski definition) is 2. The first-order valence-electron chi connectivity index (χ1n) is 6.64. The third-order valence-corrected chi connectivity index (χ3v) is 2.71. The molecule has 0 bridgehead atoms. The molecule has 0 atom stereocenters. The molecule has 4 heteroatoms. The second-order valence-corrected chi connectivity index (χ2v) is 5.06. The van der Waals surface area contributed by atoms with E-state index in [-0.39, 0.29) is 0 Å². The summed E-state index contributed by atoms with van der Waals surface area (Å²) in [7, 11) is 3.47. The number of aryl methyl sites for hydroxylation is 1. The maximum atomic E-state index is 5.27. The Morgan fingerprint density at radius 1 is 1.26 bits per heavy atom. The van der Waals surface area contributed by atoms with Gasteiger partial charge in [0.2, 0.25) is 0 Å². The highest BCUT2D eigenvalue weighted by molar-refractivity contribution is 5.79. The third-order valence-electron chi connectivity index (χ3n) is 2.71. The van der Waals surface area contributed by atoms with Crippen molar-refractivity contribution in [3.8, 4) is 5.75 Å². The number of nitrogens with one attached hydrogen (secondary N) is 2. The molecule has 19 heavy (non-hydrogen) atoms. The second kappa shape index (κ2) is 7.67. The molecule has 1 aromatic carbocycles. The van der Waals surface area contributed by atoms with Gasteiger partial charge in [0.25, 0.3) is 0 Å². The van der Waals surface area contributed by atoms with Crippen LogP contribution in [0, 0.1) is 12.8 Å². The molecule has 0 amide bonds. The molecule has 0 aliphatic rings. The first-order valence-corrected chi connectivity index (χ1v) is 6.64. The zero-order chi connectivity index (χ0) is 14.3. The molecule has 0 unspecified atom stereocenters. The molecule has 1 aromatic rings. The van der Waals surface area contributed by atoms with E-state index in [2.05, 4.69) is 42.5 Å². The Morgan fingerprint density at radius 3 is 2.58 bits per heavy atom. The summed E-state index contributed by atoms with van der Waals surface area (Å²) in [4.78, 5) is 4.20. The van der Waals surface area contributed by atoms with Crippen LogP contribution in [0.2, 0.25) is 0 Å². The maximum absolute atomic E-state index is 5.27. The van der Waals surface area contributed by atoms with Crippen LogP contribution in [-0.2, 0) is 6.54 Å². The highest BCUT2D eigenvalue weighted by Gasteiger charge is 2.02. The Kier molecular flexibility index (Phi) is 6.19. The van der Waals surface area contributed by atoms with Crippen LogP contribution < -0.4 is 15.4 Å². The lowest BCUT2D eigenvalue weighted by molar-refractivity contribution is 0.414. The Bertz CT molecular complexity index is 427. The van der Waals surface area contributed by atoms with Crippen molar-refractivity contribution >= 4 is 5.96 Å². The molecule has 106 valence electrons. The quantitative estimate of drug-likeness (QED) is 0.633. The van der Waals surface area contributed by atoms with Gasteiger partial charge in [-0.25, -0.2) is 0 Å². The maximum Gasteiger partial charge on any atom is 0.191 e. The summed E-state index contributed by atoms with van der Waals surface area (Å²) >= 11 is 0. The number of methoxy groups -OCH3 is 1. The molecule has 0 fully saturated rings. The summed E-state index contributed by atoms with van der Waals surface area (Å²) in [5.41, 5.74) is 2.38. The fourth-order valence-corrected chi connectivity index (χ4v) is 1.75. The summed E-state index contributed by atoms with van der Waals surface area (Å²) in [6, 6.07) is 6.20. The van der Waals surface area contributed by atoms with Crippen LogP contribution in [-0.4, -0.2) is 26.7 Å². The minimum Gasteiger partial charge on any atom is -0.497 e. The van der Waals surface area contributed by atoms with Crippen molar-refractivity contribution in [3.05, 3.63) is 29.3 Å². The highest BCUT2D eigenvalue weighted by Crippen LogP contribution is 2.16. The molecule has 0 spiro atoms. The van der Waals surface area contributed by atoms with Crippen molar-refractivity contribution in [2.24, 2.45) is 10.9 Å². The zero-order valence-electron chi connectivity index (χ0n) is 12.6. The van der Waals surface area contributed by atoms with Crippen LogP contribution in [0.1, 0.15) is 25.0 Å². The van der Waals surface area contributed by atoms with Gasteiger partial charge in [0.15, 0.2) is 5.96 Å². The van der Waals surface area contributed by atoms with E-state index in [4.69, 9.17) is 4.74 Å². The van der Waals surface area contributed by atoms with Crippen molar-refractivity contribution in [3.63, 3.8) is 0 Å². The average molecular weight is 263 g/mol. The normalized spacial score (nSPS) is 11.6. The van der Waals surface area contributed by atoms with Gasteiger partial charge in [-0.2, -0.15) is 0 Å². The first kappa shape index (κ1) is 15.3. The highest BCUT2D eigenvalue weighted by atomic mass is 16.5. The SMILES string of the molecule is CN=C(NCc1cc(C)cc(OC)c1)NCC(C)C. The first-order chi connectivity index (χ1) is 9.05. The largest absolute Gasteiger partial charge is 0.497 e. The predicted molar refractivity (Wildman–Crippen MR) is 80.8 cm³/mol. The minimum atomic E-state index is 0.595. The van der Waals surface area contributed by atoms with Gasteiger partial charge in [0.1, 0.15) is 5.75 Å². The van der Waals surface area contributed by atoms with Gasteiger partial charge >= 0.3 is 0 Å². The van der Waals surface area contributed by atoms with Gasteiger partial charge in [0.05, 0.1) is 7.11 Å². The van der Waals surface area contributed by atoms with Gasteiger partial charge in [-0.15, -0.1) is 0 Å². The van der Waals surface area contributed by atoms with Gasteiger partial charge in [-0.3, -0.25) is 4.99 Å². The molecular weight excluding hydrogens is 238 g/mol. The van der Waals surface area contributed by atoms with Crippen LogP contribution in [0.4, 0.5) is 0 Å². The van der Waals surface area contributed by atoms with E-state index in [1.807, 2.05) is 12.1 Å². The van der Waals surface area contributed by atoms with Crippen molar-refractivity contribution < 1.29 is 4.74 Å². The van der Waals surface area contributed by atoms with Crippen LogP contribution in [0.5, 0.6) is 5.75 Å². The number of rotatable bonds is 5. The summed E-state index contributed by atoms with van der Waals surface area (Å²) in [5, 5.41) is 6.59. The lowest BCUT2D eigenvalue weighted by Crippen LogP contribution is -2.38. The van der Waals surface area contributed by atoms with Crippen LogP contribution in [0.3, 0.4) is 0 Å². The van der Waals surface area contributed by atoms with E-state index in [1.165, 1.54) is 11.1 Å². The topological polar surface area (TPSA) is 45.7 Å². The summed E-state index contributed by atoms with van der Waals surface area (Å²) in [5.74, 6) is 2.31. The van der Waals surface area contributed by atoms with E-state index in [0.29, 0.717) is 5.92 Å². The van der Waals surface area contributed by atoms with Gasteiger partial charge in [-0.1, -0.05) is 19.9 Å². The number of benzene rings is 1. The predicted octanol–water partition coefficient (Wildman–Crippen LogP) is 2.32. The third kappa shape index (κ3) is 5.64. The molecule has 0 saturated heterocycles. The van der Waals surface area contributed by atoms with Gasteiger partial charge in [0, 0.05) is 20.1 Å². The lowest BCUT2D eigenvalue weighted by atomic mass is 10.1. The van der Waals surface area contributed by atoms with E-state index < -0.39 is 0 Å². The number of nitrogens with zero attached hydrogens (tertiary/aromatic N) is 1. The Morgan fingerprint density at radius 2 is 2.00 bits per heavy atom. The average Bonchev–Trinajstić information content (AvgIpc) is 2.38. The van der Waals surface area contributed by atoms with Gasteiger partial charge in [-0.05, 0) is 36.1 Å². The minimum absolute atomic E-state index is 0.595. The fraction of sp³-hybridized carbons (Fsp3) is 0.533. The van der Waals surface area contributed by atoms with Crippen molar-refractivity contribution in [2.45, 2.75) is 27.3 Å².